The number of aliphatic hydroxyl groups is 2. The van der Waals surface area contributed by atoms with Crippen molar-refractivity contribution in [3.63, 3.8) is 0 Å². The third-order valence-electron chi connectivity index (χ3n) is 3.59. The van der Waals surface area contributed by atoms with Crippen LogP contribution in [0.3, 0.4) is 0 Å². The van der Waals surface area contributed by atoms with Crippen molar-refractivity contribution >= 4 is 5.91 Å². The molecule has 2 heterocycles. The largest absolute Gasteiger partial charge is 0.394 e. The number of aliphatic hydroxyl groups excluding tert-OH is 2. The van der Waals surface area contributed by atoms with E-state index in [0.717, 1.165) is 10.6 Å². The molecule has 0 bridgehead atoms. The van der Waals surface area contributed by atoms with Crippen LogP contribution in [0.25, 0.3) is 0 Å². The molecular weight excluding hydrogens is 310 g/mol. The van der Waals surface area contributed by atoms with Gasteiger partial charge in [-0.25, -0.2) is 4.79 Å². The van der Waals surface area contributed by atoms with Crippen molar-refractivity contribution in [3.05, 3.63) is 33.1 Å². The van der Waals surface area contributed by atoms with Gasteiger partial charge >= 0.3 is 5.69 Å². The van der Waals surface area contributed by atoms with Crippen LogP contribution in [0.2, 0.25) is 0 Å². The number of rotatable bonds is 5. The van der Waals surface area contributed by atoms with E-state index < -0.39 is 54.4 Å². The molecule has 0 saturated carbocycles. The Bertz CT molecular complexity index is 670. The van der Waals surface area contributed by atoms with Crippen LogP contribution in [0.15, 0.2) is 21.9 Å². The molecule has 10 heteroatoms. The molecule has 1 amide bonds. The summed E-state index contributed by atoms with van der Waals surface area (Å²) >= 11 is 0. The fraction of sp³-hybridized carbons (Fsp3) is 0.615. The molecule has 1 aliphatic heterocycles. The van der Waals surface area contributed by atoms with E-state index in [1.54, 1.807) is 0 Å². The van der Waals surface area contributed by atoms with Crippen LogP contribution in [0.4, 0.5) is 0 Å². The minimum absolute atomic E-state index is 0.419. The van der Waals surface area contributed by atoms with Crippen molar-refractivity contribution in [2.75, 3.05) is 13.7 Å². The highest BCUT2D eigenvalue weighted by Gasteiger charge is 2.46. The number of nitrogens with zero attached hydrogens (tertiary/aromatic N) is 1. The van der Waals surface area contributed by atoms with Gasteiger partial charge in [-0.05, 0) is 6.92 Å². The molecule has 0 aliphatic carbocycles. The maximum Gasteiger partial charge on any atom is 0.330 e. The molecule has 10 nitrogen and oxygen atoms in total. The van der Waals surface area contributed by atoms with E-state index in [0.29, 0.717) is 0 Å². The number of aromatic amines is 1. The number of likely N-dealkylation sites (N-methyl/N-ethyl adjacent to an activating group) is 1. The van der Waals surface area contributed by atoms with E-state index in [4.69, 9.17) is 9.47 Å². The average molecular weight is 329 g/mol. The minimum Gasteiger partial charge on any atom is -0.394 e. The Labute approximate surface area is 130 Å². The lowest BCUT2D eigenvalue weighted by Crippen LogP contribution is -2.43. The molecule has 0 aromatic carbocycles. The summed E-state index contributed by atoms with van der Waals surface area (Å²) in [7, 11) is 1.43. The maximum atomic E-state index is 11.9. The lowest BCUT2D eigenvalue weighted by atomic mass is 10.1. The predicted molar refractivity (Wildman–Crippen MR) is 76.7 cm³/mol. The van der Waals surface area contributed by atoms with Gasteiger partial charge in [0.25, 0.3) is 5.56 Å². The van der Waals surface area contributed by atoms with Crippen molar-refractivity contribution < 1.29 is 24.5 Å². The van der Waals surface area contributed by atoms with Gasteiger partial charge in [-0.3, -0.25) is 19.1 Å². The Morgan fingerprint density at radius 3 is 2.83 bits per heavy atom. The smallest absolute Gasteiger partial charge is 0.330 e. The maximum absolute atomic E-state index is 11.9. The van der Waals surface area contributed by atoms with Gasteiger partial charge in [-0.15, -0.1) is 0 Å². The molecule has 4 N–H and O–H groups in total. The summed E-state index contributed by atoms with van der Waals surface area (Å²) in [5.41, 5.74) is -1.34. The third-order valence-corrected chi connectivity index (χ3v) is 3.59. The van der Waals surface area contributed by atoms with E-state index in [9.17, 15) is 24.6 Å². The number of ether oxygens (including phenoxy) is 2. The SMILES string of the molecule is CNC(=O)C(C)O[C@H]1C(O)[C@@H](CO)O[C@H]1n1ccc(=O)[nH]c1=O. The van der Waals surface area contributed by atoms with E-state index in [2.05, 4.69) is 10.3 Å². The molecular formula is C13H19N3O7. The first-order valence-corrected chi connectivity index (χ1v) is 7.02. The molecule has 1 fully saturated rings. The molecule has 2 rings (SSSR count). The van der Waals surface area contributed by atoms with Crippen molar-refractivity contribution in [1.82, 2.24) is 14.9 Å². The number of aromatic nitrogens is 2. The molecule has 1 saturated heterocycles. The Morgan fingerprint density at radius 1 is 1.57 bits per heavy atom. The predicted octanol–water partition coefficient (Wildman–Crippen LogP) is -2.69. The standard InChI is InChI=1S/C13H19N3O7/c1-6(11(20)14-2)22-10-9(19)7(5-17)23-12(10)16-4-3-8(18)15-13(16)21/h3-4,6-7,9-10,12,17,19H,5H2,1-2H3,(H,14,20)(H,15,18,21)/t6?,7-,9?,10+,12-/m1/s1. The zero-order valence-electron chi connectivity index (χ0n) is 12.6. The number of carbonyl (C=O) groups excluding carboxylic acids is 1. The first-order chi connectivity index (χ1) is 10.9. The normalized spacial score (nSPS) is 28.5. The van der Waals surface area contributed by atoms with Crippen LogP contribution in [-0.4, -0.2) is 63.7 Å². The number of amides is 1. The second kappa shape index (κ2) is 7.04. The van der Waals surface area contributed by atoms with Crippen LogP contribution in [0.1, 0.15) is 13.2 Å². The van der Waals surface area contributed by atoms with Gasteiger partial charge in [-0.1, -0.05) is 0 Å². The van der Waals surface area contributed by atoms with Gasteiger partial charge < -0.3 is 25.0 Å². The quantitative estimate of drug-likeness (QED) is 0.460. The zero-order chi connectivity index (χ0) is 17.1. The summed E-state index contributed by atoms with van der Waals surface area (Å²) in [6.45, 7) is 0.981. The molecule has 1 aliphatic rings. The second-order valence-corrected chi connectivity index (χ2v) is 5.11. The summed E-state index contributed by atoms with van der Waals surface area (Å²) in [5, 5.41) is 21.9. The van der Waals surface area contributed by atoms with E-state index in [1.807, 2.05) is 0 Å². The summed E-state index contributed by atoms with van der Waals surface area (Å²) in [6, 6.07) is 1.11. The molecule has 0 radical (unpaired) electrons. The highest BCUT2D eigenvalue weighted by molar-refractivity contribution is 5.79. The minimum atomic E-state index is -1.25. The topological polar surface area (TPSA) is 143 Å². The van der Waals surface area contributed by atoms with E-state index in [1.165, 1.54) is 20.2 Å². The zero-order valence-corrected chi connectivity index (χ0v) is 12.6. The second-order valence-electron chi connectivity index (χ2n) is 5.11. The first-order valence-electron chi connectivity index (χ1n) is 7.02. The Morgan fingerprint density at radius 2 is 2.26 bits per heavy atom. The van der Waals surface area contributed by atoms with Gasteiger partial charge in [0.2, 0.25) is 5.91 Å². The van der Waals surface area contributed by atoms with Gasteiger partial charge in [0.1, 0.15) is 24.4 Å². The highest BCUT2D eigenvalue weighted by atomic mass is 16.6. The van der Waals surface area contributed by atoms with Crippen LogP contribution < -0.4 is 16.6 Å². The summed E-state index contributed by atoms with van der Waals surface area (Å²) in [4.78, 5) is 36.7. The van der Waals surface area contributed by atoms with Crippen LogP contribution in [0.5, 0.6) is 0 Å². The Hall–Kier alpha value is -2.01. The number of hydrogen-bond donors (Lipinski definition) is 4. The molecule has 1 aromatic rings. The molecule has 0 spiro atoms. The monoisotopic (exact) mass is 329 g/mol. The Kier molecular flexibility index (Phi) is 5.31. The van der Waals surface area contributed by atoms with Gasteiger partial charge in [0.15, 0.2) is 6.23 Å². The van der Waals surface area contributed by atoms with E-state index >= 15 is 0 Å². The van der Waals surface area contributed by atoms with Gasteiger partial charge in [0.05, 0.1) is 6.61 Å². The molecule has 23 heavy (non-hydrogen) atoms. The van der Waals surface area contributed by atoms with Crippen molar-refractivity contribution in [2.45, 2.75) is 37.6 Å². The van der Waals surface area contributed by atoms with E-state index in [-0.39, 0.29) is 0 Å². The van der Waals surface area contributed by atoms with Crippen molar-refractivity contribution in [3.8, 4) is 0 Å². The fourth-order valence-corrected chi connectivity index (χ4v) is 2.37. The summed E-state index contributed by atoms with van der Waals surface area (Å²) in [5.74, 6) is -0.419. The lowest BCUT2D eigenvalue weighted by molar-refractivity contribution is -0.144. The summed E-state index contributed by atoms with van der Waals surface area (Å²) < 4.78 is 12.0. The molecule has 5 atom stereocenters. The molecule has 1 aromatic heterocycles. The van der Waals surface area contributed by atoms with Crippen LogP contribution >= 0.6 is 0 Å². The average Bonchev–Trinajstić information content (AvgIpc) is 2.83. The van der Waals surface area contributed by atoms with Crippen molar-refractivity contribution in [2.24, 2.45) is 0 Å². The lowest BCUT2D eigenvalue weighted by Gasteiger charge is -2.24. The number of carbonyl (C=O) groups is 1. The van der Waals surface area contributed by atoms with Gasteiger partial charge in [0, 0.05) is 19.3 Å². The number of nitrogens with one attached hydrogen (secondary N) is 2. The highest BCUT2D eigenvalue weighted by Crippen LogP contribution is 2.31. The number of H-pyrrole nitrogens is 1. The molecule has 2 unspecified atom stereocenters. The van der Waals surface area contributed by atoms with Gasteiger partial charge in [-0.2, -0.15) is 0 Å². The number of hydrogen-bond acceptors (Lipinski definition) is 7. The molecule has 128 valence electrons. The first kappa shape index (κ1) is 17.3. The van der Waals surface area contributed by atoms with Crippen LogP contribution in [-0.2, 0) is 14.3 Å². The van der Waals surface area contributed by atoms with Crippen LogP contribution in [0, 0.1) is 0 Å². The van der Waals surface area contributed by atoms with Crippen molar-refractivity contribution in [1.29, 1.82) is 0 Å². The third kappa shape index (κ3) is 3.50. The fourth-order valence-electron chi connectivity index (χ4n) is 2.37. The Balaban J connectivity index is 2.32. The summed E-state index contributed by atoms with van der Waals surface area (Å²) in [6.07, 6.45) is -4.14.